The maximum absolute atomic E-state index is 11.6. The molecule has 0 atom stereocenters. The standard InChI is InChI=1S/C12H13BrN2OS/c1-3-4-15-12(16)9(7-14)5-10-6-11(13)8(2)17-10/h5-6H,3-4H2,1-2H3,(H,15,16)/b9-5-. The fourth-order valence-corrected chi connectivity index (χ4v) is 2.68. The number of hydrogen-bond acceptors (Lipinski definition) is 3. The maximum Gasteiger partial charge on any atom is 0.261 e. The third-order valence-electron chi connectivity index (χ3n) is 2.06. The van der Waals surface area contributed by atoms with Crippen molar-refractivity contribution in [3.63, 3.8) is 0 Å². The van der Waals surface area contributed by atoms with E-state index in [9.17, 15) is 4.79 Å². The van der Waals surface area contributed by atoms with Gasteiger partial charge >= 0.3 is 0 Å². The molecule has 0 radical (unpaired) electrons. The van der Waals surface area contributed by atoms with E-state index in [0.29, 0.717) is 6.54 Å². The van der Waals surface area contributed by atoms with Crippen molar-refractivity contribution in [2.45, 2.75) is 20.3 Å². The Kier molecular flexibility index (Phi) is 5.39. The minimum Gasteiger partial charge on any atom is -0.351 e. The van der Waals surface area contributed by atoms with Crippen molar-refractivity contribution in [2.24, 2.45) is 0 Å². The predicted octanol–water partition coefficient (Wildman–Crippen LogP) is 3.25. The number of nitriles is 1. The Labute approximate surface area is 113 Å². The first kappa shape index (κ1) is 13.9. The van der Waals surface area contributed by atoms with E-state index in [2.05, 4.69) is 21.2 Å². The number of amides is 1. The normalized spacial score (nSPS) is 11.1. The van der Waals surface area contributed by atoms with Gasteiger partial charge in [-0.2, -0.15) is 5.26 Å². The lowest BCUT2D eigenvalue weighted by Gasteiger charge is -2.00. The Morgan fingerprint density at radius 2 is 2.41 bits per heavy atom. The van der Waals surface area contributed by atoms with E-state index in [-0.39, 0.29) is 11.5 Å². The summed E-state index contributed by atoms with van der Waals surface area (Å²) in [6.07, 6.45) is 2.47. The molecule has 1 aromatic rings. The molecule has 0 saturated heterocycles. The fraction of sp³-hybridized carbons (Fsp3) is 0.333. The highest BCUT2D eigenvalue weighted by molar-refractivity contribution is 9.10. The Hall–Kier alpha value is -1.12. The summed E-state index contributed by atoms with van der Waals surface area (Å²) in [7, 11) is 0. The largest absolute Gasteiger partial charge is 0.351 e. The van der Waals surface area contributed by atoms with E-state index in [4.69, 9.17) is 5.26 Å². The number of halogens is 1. The molecule has 1 heterocycles. The van der Waals surface area contributed by atoms with Crippen LogP contribution in [0.2, 0.25) is 0 Å². The summed E-state index contributed by atoms with van der Waals surface area (Å²) in [6.45, 7) is 4.54. The molecule has 17 heavy (non-hydrogen) atoms. The van der Waals surface area contributed by atoms with Crippen LogP contribution < -0.4 is 5.32 Å². The molecule has 90 valence electrons. The highest BCUT2D eigenvalue weighted by Gasteiger charge is 2.09. The lowest BCUT2D eigenvalue weighted by atomic mass is 10.2. The van der Waals surface area contributed by atoms with Gasteiger partial charge in [0.05, 0.1) is 0 Å². The third kappa shape index (κ3) is 3.99. The zero-order valence-electron chi connectivity index (χ0n) is 9.71. The van der Waals surface area contributed by atoms with Gasteiger partial charge in [0.1, 0.15) is 11.6 Å². The summed E-state index contributed by atoms with van der Waals surface area (Å²) >= 11 is 4.95. The molecule has 0 aliphatic heterocycles. The van der Waals surface area contributed by atoms with Crippen LogP contribution >= 0.6 is 27.3 Å². The second-order valence-electron chi connectivity index (χ2n) is 3.48. The first-order chi connectivity index (χ1) is 8.08. The average Bonchev–Trinajstić information content (AvgIpc) is 2.62. The summed E-state index contributed by atoms with van der Waals surface area (Å²) in [5.41, 5.74) is 0.146. The van der Waals surface area contributed by atoms with Gasteiger partial charge in [-0.3, -0.25) is 4.79 Å². The molecule has 1 aromatic heterocycles. The van der Waals surface area contributed by atoms with Crippen LogP contribution in [0.4, 0.5) is 0 Å². The number of thiophene rings is 1. The van der Waals surface area contributed by atoms with Gasteiger partial charge in [0.2, 0.25) is 0 Å². The van der Waals surface area contributed by atoms with Crippen LogP contribution in [-0.4, -0.2) is 12.5 Å². The highest BCUT2D eigenvalue weighted by atomic mass is 79.9. The quantitative estimate of drug-likeness (QED) is 0.685. The van der Waals surface area contributed by atoms with Crippen molar-refractivity contribution in [1.82, 2.24) is 5.32 Å². The smallest absolute Gasteiger partial charge is 0.261 e. The fourth-order valence-electron chi connectivity index (χ4n) is 1.18. The lowest BCUT2D eigenvalue weighted by molar-refractivity contribution is -0.117. The van der Waals surface area contributed by atoms with Gasteiger partial charge in [-0.05, 0) is 41.4 Å². The topological polar surface area (TPSA) is 52.9 Å². The molecular weight excluding hydrogens is 300 g/mol. The number of nitrogens with zero attached hydrogens (tertiary/aromatic N) is 1. The molecule has 1 rings (SSSR count). The summed E-state index contributed by atoms with van der Waals surface area (Å²) in [6, 6.07) is 3.84. The van der Waals surface area contributed by atoms with E-state index < -0.39 is 0 Å². The predicted molar refractivity (Wildman–Crippen MR) is 73.6 cm³/mol. The number of rotatable bonds is 4. The summed E-state index contributed by atoms with van der Waals surface area (Å²) < 4.78 is 1.00. The van der Waals surface area contributed by atoms with Crippen LogP contribution in [0.1, 0.15) is 23.1 Å². The van der Waals surface area contributed by atoms with Crippen LogP contribution in [-0.2, 0) is 4.79 Å². The third-order valence-corrected chi connectivity index (χ3v) is 4.15. The van der Waals surface area contributed by atoms with Crippen molar-refractivity contribution in [2.75, 3.05) is 6.54 Å². The molecule has 0 aliphatic rings. The minimum atomic E-state index is -0.309. The van der Waals surface area contributed by atoms with Gasteiger partial charge in [0.15, 0.2) is 0 Å². The molecule has 1 amide bonds. The Morgan fingerprint density at radius 3 is 2.88 bits per heavy atom. The van der Waals surface area contributed by atoms with Crippen molar-refractivity contribution in [1.29, 1.82) is 5.26 Å². The molecule has 0 aliphatic carbocycles. The summed E-state index contributed by atoms with van der Waals surface area (Å²) in [5.74, 6) is -0.309. The number of carbonyl (C=O) groups is 1. The van der Waals surface area contributed by atoms with Gasteiger partial charge in [0.25, 0.3) is 5.91 Å². The zero-order valence-corrected chi connectivity index (χ0v) is 12.1. The molecule has 1 N–H and O–H groups in total. The molecule has 0 saturated carbocycles. The Morgan fingerprint density at radius 1 is 1.71 bits per heavy atom. The van der Waals surface area contributed by atoms with Crippen LogP contribution in [0.25, 0.3) is 6.08 Å². The molecule has 0 spiro atoms. The Bertz CT molecular complexity index is 466. The summed E-state index contributed by atoms with van der Waals surface area (Å²) in [5, 5.41) is 11.6. The van der Waals surface area contributed by atoms with Crippen LogP contribution in [0.15, 0.2) is 16.1 Å². The molecular formula is C12H13BrN2OS. The Balaban J connectivity index is 2.87. The van der Waals surface area contributed by atoms with Gasteiger partial charge < -0.3 is 5.32 Å². The van der Waals surface area contributed by atoms with Crippen molar-refractivity contribution in [3.05, 3.63) is 25.9 Å². The van der Waals surface area contributed by atoms with Crippen LogP contribution in [0, 0.1) is 18.3 Å². The van der Waals surface area contributed by atoms with Crippen molar-refractivity contribution >= 4 is 39.2 Å². The number of carbonyl (C=O) groups excluding carboxylic acids is 1. The van der Waals surface area contributed by atoms with Gasteiger partial charge in [0, 0.05) is 20.8 Å². The molecule has 5 heteroatoms. The SMILES string of the molecule is CCCNC(=O)/C(C#N)=C\c1cc(Br)c(C)s1. The average molecular weight is 313 g/mol. The molecule has 0 aromatic carbocycles. The number of hydrogen-bond donors (Lipinski definition) is 1. The van der Waals surface area contributed by atoms with E-state index in [1.54, 1.807) is 17.4 Å². The van der Waals surface area contributed by atoms with E-state index in [1.165, 1.54) is 0 Å². The zero-order chi connectivity index (χ0) is 12.8. The molecule has 0 bridgehead atoms. The van der Waals surface area contributed by atoms with Gasteiger partial charge in [-0.15, -0.1) is 11.3 Å². The maximum atomic E-state index is 11.6. The van der Waals surface area contributed by atoms with Crippen molar-refractivity contribution in [3.8, 4) is 6.07 Å². The molecule has 0 unspecified atom stereocenters. The molecule has 3 nitrogen and oxygen atoms in total. The first-order valence-electron chi connectivity index (χ1n) is 5.24. The number of nitrogens with one attached hydrogen (secondary N) is 1. The lowest BCUT2D eigenvalue weighted by Crippen LogP contribution is -2.24. The van der Waals surface area contributed by atoms with Gasteiger partial charge in [-0.1, -0.05) is 6.92 Å². The monoisotopic (exact) mass is 312 g/mol. The second-order valence-corrected chi connectivity index (χ2v) is 5.62. The van der Waals surface area contributed by atoms with Gasteiger partial charge in [-0.25, -0.2) is 0 Å². The number of aryl methyl sites for hydroxylation is 1. The van der Waals surface area contributed by atoms with E-state index in [1.807, 2.05) is 26.0 Å². The summed E-state index contributed by atoms with van der Waals surface area (Å²) in [4.78, 5) is 13.6. The van der Waals surface area contributed by atoms with Crippen LogP contribution in [0.3, 0.4) is 0 Å². The first-order valence-corrected chi connectivity index (χ1v) is 6.85. The van der Waals surface area contributed by atoms with E-state index in [0.717, 1.165) is 20.6 Å². The second kappa shape index (κ2) is 6.58. The van der Waals surface area contributed by atoms with Crippen LogP contribution in [0.5, 0.6) is 0 Å². The minimum absolute atomic E-state index is 0.146. The molecule has 0 fully saturated rings. The highest BCUT2D eigenvalue weighted by Crippen LogP contribution is 2.27. The van der Waals surface area contributed by atoms with E-state index >= 15 is 0 Å². The van der Waals surface area contributed by atoms with Crippen molar-refractivity contribution < 1.29 is 4.79 Å².